The number of benzene rings is 2. The highest BCUT2D eigenvalue weighted by atomic mass is 16.2. The van der Waals surface area contributed by atoms with Crippen LogP contribution in [0.15, 0.2) is 73.1 Å². The van der Waals surface area contributed by atoms with Crippen LogP contribution in [0, 0.1) is 0 Å². The number of fused-ring (bicyclic) bond motifs is 1. The minimum Gasteiger partial charge on any atom is -0.399 e. The average molecular weight is 328 g/mol. The molecule has 1 aromatic heterocycles. The van der Waals surface area contributed by atoms with Crippen molar-refractivity contribution in [2.75, 3.05) is 16.4 Å². The molecule has 25 heavy (non-hydrogen) atoms. The number of hydrogen-bond donors (Lipinski definition) is 3. The molecular weight excluding hydrogens is 312 g/mol. The maximum atomic E-state index is 12.7. The van der Waals surface area contributed by atoms with Crippen molar-refractivity contribution >= 4 is 34.2 Å². The lowest BCUT2D eigenvalue weighted by molar-refractivity contribution is -0.110. The fourth-order valence-corrected chi connectivity index (χ4v) is 2.90. The Morgan fingerprint density at radius 2 is 1.76 bits per heavy atom. The van der Waals surface area contributed by atoms with Gasteiger partial charge in [0.25, 0.3) is 5.91 Å². The van der Waals surface area contributed by atoms with Crippen molar-refractivity contribution in [1.29, 1.82) is 0 Å². The number of nitrogen functional groups attached to an aromatic ring is 1. The normalized spacial score (nSPS) is 14.6. The molecule has 1 aliphatic heterocycles. The molecule has 2 heterocycles. The van der Waals surface area contributed by atoms with Crippen LogP contribution in [-0.2, 0) is 4.79 Å². The van der Waals surface area contributed by atoms with Crippen molar-refractivity contribution in [2.24, 2.45) is 0 Å². The molecule has 0 radical (unpaired) electrons. The summed E-state index contributed by atoms with van der Waals surface area (Å²) < 4.78 is 0. The molecule has 0 unspecified atom stereocenters. The van der Waals surface area contributed by atoms with Crippen molar-refractivity contribution in [3.05, 3.63) is 84.2 Å². The first kappa shape index (κ1) is 15.0. The molecule has 122 valence electrons. The molecule has 1 aliphatic rings. The minimum atomic E-state index is -0.152. The van der Waals surface area contributed by atoms with E-state index >= 15 is 0 Å². The maximum Gasteiger partial charge on any atom is 0.258 e. The summed E-state index contributed by atoms with van der Waals surface area (Å²) >= 11 is 0. The quantitative estimate of drug-likeness (QED) is 0.507. The zero-order chi connectivity index (χ0) is 17.2. The van der Waals surface area contributed by atoms with Gasteiger partial charge in [0.05, 0.1) is 17.0 Å². The summed E-state index contributed by atoms with van der Waals surface area (Å²) in [5.74, 6) is -0.152. The first-order valence-electron chi connectivity index (χ1n) is 7.90. The summed E-state index contributed by atoms with van der Waals surface area (Å²) in [7, 11) is 0. The first-order valence-corrected chi connectivity index (χ1v) is 7.90. The molecule has 5 heteroatoms. The van der Waals surface area contributed by atoms with Crippen LogP contribution in [0.1, 0.15) is 11.1 Å². The van der Waals surface area contributed by atoms with Crippen LogP contribution in [0.5, 0.6) is 0 Å². The molecule has 2 aromatic carbocycles. The molecule has 5 nitrogen and oxygen atoms in total. The highest BCUT2D eigenvalue weighted by Crippen LogP contribution is 2.38. The molecule has 3 aromatic rings. The Morgan fingerprint density at radius 1 is 1.00 bits per heavy atom. The molecule has 0 fully saturated rings. The van der Waals surface area contributed by atoms with Crippen molar-refractivity contribution in [3.8, 4) is 0 Å². The summed E-state index contributed by atoms with van der Waals surface area (Å²) in [6.07, 6.45) is 3.41. The fraction of sp³-hybridized carbons (Fsp3) is 0. The monoisotopic (exact) mass is 328 g/mol. The molecule has 4 N–H and O–H groups in total. The summed E-state index contributed by atoms with van der Waals surface area (Å²) in [5.41, 5.74) is 11.1. The van der Waals surface area contributed by atoms with E-state index in [1.807, 2.05) is 48.5 Å². The van der Waals surface area contributed by atoms with Crippen molar-refractivity contribution in [1.82, 2.24) is 4.98 Å². The third-order valence-corrected chi connectivity index (χ3v) is 4.05. The minimum absolute atomic E-state index is 0.152. The van der Waals surface area contributed by atoms with Crippen LogP contribution >= 0.6 is 0 Å². The van der Waals surface area contributed by atoms with Crippen LogP contribution in [-0.4, -0.2) is 10.9 Å². The number of carbonyl (C=O) groups excluding carboxylic acids is 1. The lowest BCUT2D eigenvalue weighted by atomic mass is 10.00. The predicted octanol–water partition coefficient (Wildman–Crippen LogP) is 3.60. The molecule has 4 rings (SSSR count). The highest BCUT2D eigenvalue weighted by Gasteiger charge is 2.28. The van der Waals surface area contributed by atoms with E-state index in [0.29, 0.717) is 11.3 Å². The molecule has 0 saturated carbocycles. The van der Waals surface area contributed by atoms with E-state index in [4.69, 9.17) is 5.73 Å². The fourth-order valence-electron chi connectivity index (χ4n) is 2.90. The van der Waals surface area contributed by atoms with Crippen LogP contribution in [0.4, 0.5) is 17.1 Å². The maximum absolute atomic E-state index is 12.7. The Kier molecular flexibility index (Phi) is 3.67. The van der Waals surface area contributed by atoms with Gasteiger partial charge in [-0.15, -0.1) is 0 Å². The van der Waals surface area contributed by atoms with Gasteiger partial charge >= 0.3 is 0 Å². The Hall–Kier alpha value is -3.60. The lowest BCUT2D eigenvalue weighted by Crippen LogP contribution is -2.10. The van der Waals surface area contributed by atoms with Gasteiger partial charge in [-0.05, 0) is 35.9 Å². The number of amides is 1. The first-order chi connectivity index (χ1) is 12.2. The molecule has 0 spiro atoms. The number of hydrogen-bond acceptors (Lipinski definition) is 4. The van der Waals surface area contributed by atoms with Gasteiger partial charge in [-0.2, -0.15) is 0 Å². The molecular formula is C20H16N4O. The number of carbonyl (C=O) groups is 1. The number of nitrogens with one attached hydrogen (secondary N) is 2. The van der Waals surface area contributed by atoms with E-state index in [-0.39, 0.29) is 5.91 Å². The Morgan fingerprint density at radius 3 is 2.52 bits per heavy atom. The van der Waals surface area contributed by atoms with Gasteiger partial charge in [-0.25, -0.2) is 0 Å². The van der Waals surface area contributed by atoms with Crippen LogP contribution in [0.3, 0.4) is 0 Å². The van der Waals surface area contributed by atoms with Gasteiger partial charge in [-0.1, -0.05) is 30.3 Å². The van der Waals surface area contributed by atoms with E-state index in [9.17, 15) is 4.79 Å². The summed E-state index contributed by atoms with van der Waals surface area (Å²) in [5, 5.41) is 6.27. The van der Waals surface area contributed by atoms with E-state index in [1.54, 1.807) is 24.5 Å². The van der Waals surface area contributed by atoms with E-state index < -0.39 is 0 Å². The van der Waals surface area contributed by atoms with Gasteiger partial charge in [-0.3, -0.25) is 9.78 Å². The molecule has 0 aliphatic carbocycles. The highest BCUT2D eigenvalue weighted by molar-refractivity contribution is 6.37. The Bertz CT molecular complexity index is 966. The van der Waals surface area contributed by atoms with Gasteiger partial charge in [0.2, 0.25) is 0 Å². The third kappa shape index (κ3) is 2.83. The smallest absolute Gasteiger partial charge is 0.258 e. The van der Waals surface area contributed by atoms with Gasteiger partial charge in [0.1, 0.15) is 0 Å². The summed E-state index contributed by atoms with van der Waals surface area (Å²) in [6.45, 7) is 0. The standard InChI is InChI=1S/C20H16N4O/c21-14-6-7-16-17(12-14)24-20(25)18(16)19(13-4-2-1-3-5-13)23-15-8-10-22-11-9-15/h1-12H,21H2,(H,22,23)(H,24,25)/b19-18-. The second-order valence-electron chi connectivity index (χ2n) is 5.74. The molecule has 1 amide bonds. The van der Waals surface area contributed by atoms with Crippen LogP contribution < -0.4 is 16.4 Å². The van der Waals surface area contributed by atoms with Crippen molar-refractivity contribution in [2.45, 2.75) is 0 Å². The number of nitrogens with zero attached hydrogens (tertiary/aromatic N) is 1. The largest absolute Gasteiger partial charge is 0.399 e. The molecule has 0 saturated heterocycles. The second-order valence-corrected chi connectivity index (χ2v) is 5.74. The van der Waals surface area contributed by atoms with Gasteiger partial charge in [0.15, 0.2) is 0 Å². The zero-order valence-corrected chi connectivity index (χ0v) is 13.4. The molecule has 0 atom stereocenters. The topological polar surface area (TPSA) is 80.0 Å². The molecule has 0 bridgehead atoms. The van der Waals surface area contributed by atoms with Crippen LogP contribution in [0.25, 0.3) is 11.3 Å². The van der Waals surface area contributed by atoms with E-state index in [2.05, 4.69) is 15.6 Å². The van der Waals surface area contributed by atoms with Crippen molar-refractivity contribution < 1.29 is 4.79 Å². The third-order valence-electron chi connectivity index (χ3n) is 4.05. The second kappa shape index (κ2) is 6.13. The lowest BCUT2D eigenvalue weighted by Gasteiger charge is -2.14. The van der Waals surface area contributed by atoms with Crippen LogP contribution in [0.2, 0.25) is 0 Å². The average Bonchev–Trinajstić information content (AvgIpc) is 2.96. The van der Waals surface area contributed by atoms with Gasteiger partial charge < -0.3 is 16.4 Å². The number of pyridine rings is 1. The summed E-state index contributed by atoms with van der Waals surface area (Å²) in [6, 6.07) is 18.9. The number of nitrogens with two attached hydrogens (primary N) is 1. The zero-order valence-electron chi connectivity index (χ0n) is 13.4. The van der Waals surface area contributed by atoms with E-state index in [1.165, 1.54) is 0 Å². The van der Waals surface area contributed by atoms with Gasteiger partial charge in [0, 0.05) is 29.3 Å². The Labute approximate surface area is 145 Å². The van der Waals surface area contributed by atoms with E-state index in [0.717, 1.165) is 28.2 Å². The summed E-state index contributed by atoms with van der Waals surface area (Å²) in [4.78, 5) is 16.7. The SMILES string of the molecule is Nc1ccc2c(c1)NC(=O)/C2=C(\Nc1ccncc1)c1ccccc1. The number of aromatic nitrogens is 1. The number of anilines is 3. The Balaban J connectivity index is 1.91. The van der Waals surface area contributed by atoms with Crippen molar-refractivity contribution in [3.63, 3.8) is 0 Å². The number of rotatable bonds is 3. The predicted molar refractivity (Wildman–Crippen MR) is 101 cm³/mol.